The highest BCUT2D eigenvalue weighted by atomic mass is 35.7. The first-order valence-corrected chi connectivity index (χ1v) is 6.49. The van der Waals surface area contributed by atoms with Gasteiger partial charge >= 0.3 is 0 Å². The van der Waals surface area contributed by atoms with Gasteiger partial charge in [0, 0.05) is 28.9 Å². The lowest BCUT2D eigenvalue weighted by molar-refractivity contribution is -0.387. The fourth-order valence-electron chi connectivity index (χ4n) is 1.34. The topological polar surface area (TPSA) is 127 Å². The third-order valence-electron chi connectivity index (χ3n) is 2.00. The Morgan fingerprint density at radius 1 is 1.53 bits per heavy atom. The molecule has 0 heterocycles. The van der Waals surface area contributed by atoms with Crippen LogP contribution in [0.5, 0.6) is 0 Å². The van der Waals surface area contributed by atoms with Gasteiger partial charge in [-0.25, -0.2) is 8.42 Å². The van der Waals surface area contributed by atoms with E-state index < -0.39 is 24.6 Å². The average molecular weight is 276 g/mol. The van der Waals surface area contributed by atoms with E-state index >= 15 is 0 Å². The lowest BCUT2D eigenvalue weighted by Crippen LogP contribution is -2.09. The molecule has 0 aromatic heterocycles. The number of benzene rings is 1. The van der Waals surface area contributed by atoms with Crippen LogP contribution in [0.3, 0.4) is 0 Å². The normalized spacial score (nSPS) is 10.9. The summed E-state index contributed by atoms with van der Waals surface area (Å²) in [5, 5.41) is 19.5. The molecule has 0 aliphatic rings. The zero-order valence-electron chi connectivity index (χ0n) is 8.25. The van der Waals surface area contributed by atoms with Crippen molar-refractivity contribution in [2.75, 3.05) is 0 Å². The van der Waals surface area contributed by atoms with Gasteiger partial charge in [0.15, 0.2) is 4.90 Å². The average Bonchev–Trinajstić information content (AvgIpc) is 2.25. The first kappa shape index (κ1) is 13.4. The Balaban J connectivity index is 3.83. The molecule has 9 heteroatoms. The number of halogens is 1. The number of nitrogens with two attached hydrogens (primary N) is 1. The van der Waals surface area contributed by atoms with E-state index in [0.717, 1.165) is 12.1 Å². The molecule has 7 nitrogen and oxygen atoms in total. The molecule has 1 aromatic carbocycles. The summed E-state index contributed by atoms with van der Waals surface area (Å²) in [4.78, 5) is 9.08. The van der Waals surface area contributed by atoms with Gasteiger partial charge in [0.25, 0.3) is 14.7 Å². The first-order chi connectivity index (χ1) is 7.82. The van der Waals surface area contributed by atoms with Crippen molar-refractivity contribution in [2.24, 2.45) is 5.73 Å². The van der Waals surface area contributed by atoms with Crippen molar-refractivity contribution in [3.05, 3.63) is 33.4 Å². The molecule has 1 rings (SSSR count). The molecule has 0 amide bonds. The molecule has 0 atom stereocenters. The van der Waals surface area contributed by atoms with Gasteiger partial charge in [-0.3, -0.25) is 10.1 Å². The van der Waals surface area contributed by atoms with Crippen LogP contribution in [0, 0.1) is 21.4 Å². The smallest absolute Gasteiger partial charge is 0.289 e. The number of nitro groups is 1. The highest BCUT2D eigenvalue weighted by Crippen LogP contribution is 2.32. The van der Waals surface area contributed by atoms with Gasteiger partial charge < -0.3 is 5.73 Å². The quantitative estimate of drug-likeness (QED) is 0.495. The van der Waals surface area contributed by atoms with E-state index in [2.05, 4.69) is 0 Å². The van der Waals surface area contributed by atoms with Gasteiger partial charge in [-0.05, 0) is 6.07 Å². The summed E-state index contributed by atoms with van der Waals surface area (Å²) in [5.74, 6) is 0. The molecule has 0 fully saturated rings. The van der Waals surface area contributed by atoms with Crippen molar-refractivity contribution in [2.45, 2.75) is 11.4 Å². The largest absolute Gasteiger partial charge is 0.326 e. The number of hydrogen-bond acceptors (Lipinski definition) is 6. The summed E-state index contributed by atoms with van der Waals surface area (Å²) in [6.45, 7) is -0.341. The molecule has 0 aliphatic heterocycles. The number of hydrogen-bond donors (Lipinski definition) is 1. The molecule has 0 spiro atoms. The van der Waals surface area contributed by atoms with Crippen molar-refractivity contribution < 1.29 is 13.3 Å². The summed E-state index contributed by atoms with van der Waals surface area (Å²) in [5.41, 5.74) is 4.39. The van der Waals surface area contributed by atoms with E-state index in [1.807, 2.05) is 0 Å². The predicted molar refractivity (Wildman–Crippen MR) is 58.7 cm³/mol. The van der Waals surface area contributed by atoms with E-state index in [4.69, 9.17) is 21.7 Å². The number of nitrogens with zero attached hydrogens (tertiary/aromatic N) is 2. The standard InChI is InChI=1S/C8H6ClN3O4S/c9-17(15,16)8-6(4-11)5(3-10)1-2-7(8)12(13)14/h1-2H,4,11H2. The van der Waals surface area contributed by atoms with Crippen molar-refractivity contribution >= 4 is 25.4 Å². The Morgan fingerprint density at radius 3 is 2.47 bits per heavy atom. The molecule has 0 saturated carbocycles. The van der Waals surface area contributed by atoms with Crippen molar-refractivity contribution in [1.29, 1.82) is 5.26 Å². The van der Waals surface area contributed by atoms with Crippen molar-refractivity contribution in [3.63, 3.8) is 0 Å². The molecular formula is C8H6ClN3O4S. The number of nitro benzene ring substituents is 1. The second-order valence-corrected chi connectivity index (χ2v) is 5.45. The molecular weight excluding hydrogens is 270 g/mol. The second-order valence-electron chi connectivity index (χ2n) is 2.95. The van der Waals surface area contributed by atoms with Crippen molar-refractivity contribution in [1.82, 2.24) is 0 Å². The minimum Gasteiger partial charge on any atom is -0.326 e. The Kier molecular flexibility index (Phi) is 3.67. The molecule has 0 aliphatic carbocycles. The fourth-order valence-corrected chi connectivity index (χ4v) is 2.74. The SMILES string of the molecule is N#Cc1ccc([N+](=O)[O-])c(S(=O)(=O)Cl)c1CN. The number of nitriles is 1. The molecule has 17 heavy (non-hydrogen) atoms. The number of rotatable bonds is 3. The van der Waals surface area contributed by atoms with Crippen LogP contribution in [-0.4, -0.2) is 13.3 Å². The van der Waals surface area contributed by atoms with E-state index in [9.17, 15) is 18.5 Å². The maximum absolute atomic E-state index is 11.3. The summed E-state index contributed by atoms with van der Waals surface area (Å²) >= 11 is 0. The van der Waals surface area contributed by atoms with Gasteiger partial charge in [-0.2, -0.15) is 5.26 Å². The summed E-state index contributed by atoms with van der Waals surface area (Å²) in [6.07, 6.45) is 0. The maximum atomic E-state index is 11.3. The molecule has 0 bridgehead atoms. The van der Waals surface area contributed by atoms with Crippen LogP contribution >= 0.6 is 10.7 Å². The van der Waals surface area contributed by atoms with Crippen LogP contribution in [0.1, 0.15) is 11.1 Å². The van der Waals surface area contributed by atoms with Crippen LogP contribution in [0.4, 0.5) is 5.69 Å². The van der Waals surface area contributed by atoms with Crippen LogP contribution in [0.2, 0.25) is 0 Å². The summed E-state index contributed by atoms with van der Waals surface area (Å²) in [7, 11) is 0.769. The van der Waals surface area contributed by atoms with Gasteiger partial charge in [0.05, 0.1) is 16.6 Å². The van der Waals surface area contributed by atoms with E-state index in [1.165, 1.54) is 0 Å². The predicted octanol–water partition coefficient (Wildman–Crippen LogP) is 0.853. The van der Waals surface area contributed by atoms with E-state index in [0.29, 0.717) is 0 Å². The second kappa shape index (κ2) is 4.67. The molecule has 2 N–H and O–H groups in total. The Hall–Kier alpha value is -1.69. The van der Waals surface area contributed by atoms with Crippen LogP contribution < -0.4 is 5.73 Å². The monoisotopic (exact) mass is 275 g/mol. The molecule has 1 aromatic rings. The van der Waals surface area contributed by atoms with Crippen LogP contribution in [0.15, 0.2) is 17.0 Å². The third-order valence-corrected chi connectivity index (χ3v) is 3.41. The van der Waals surface area contributed by atoms with Gasteiger partial charge in [-0.1, -0.05) is 0 Å². The highest BCUT2D eigenvalue weighted by molar-refractivity contribution is 8.13. The first-order valence-electron chi connectivity index (χ1n) is 4.18. The minimum atomic E-state index is -4.35. The van der Waals surface area contributed by atoms with Crippen LogP contribution in [-0.2, 0) is 15.6 Å². The third kappa shape index (κ3) is 2.52. The maximum Gasteiger partial charge on any atom is 0.289 e. The molecule has 0 unspecified atom stereocenters. The van der Waals surface area contributed by atoms with E-state index in [-0.39, 0.29) is 17.7 Å². The summed E-state index contributed by atoms with van der Waals surface area (Å²) in [6, 6.07) is 3.74. The Labute approximate surface area is 101 Å². The fraction of sp³-hybridized carbons (Fsp3) is 0.125. The van der Waals surface area contributed by atoms with E-state index in [1.54, 1.807) is 6.07 Å². The lowest BCUT2D eigenvalue weighted by Gasteiger charge is -2.06. The van der Waals surface area contributed by atoms with Crippen LogP contribution in [0.25, 0.3) is 0 Å². The van der Waals surface area contributed by atoms with Gasteiger partial charge in [0.1, 0.15) is 0 Å². The Morgan fingerprint density at radius 2 is 2.12 bits per heavy atom. The van der Waals surface area contributed by atoms with Gasteiger partial charge in [0.2, 0.25) is 0 Å². The zero-order valence-corrected chi connectivity index (χ0v) is 9.83. The zero-order chi connectivity index (χ0) is 13.2. The molecule has 0 saturated heterocycles. The minimum absolute atomic E-state index is 0.0580. The van der Waals surface area contributed by atoms with Crippen molar-refractivity contribution in [3.8, 4) is 6.07 Å². The summed E-state index contributed by atoms with van der Waals surface area (Å²) < 4.78 is 22.6. The van der Waals surface area contributed by atoms with Gasteiger partial charge in [-0.15, -0.1) is 0 Å². The molecule has 0 radical (unpaired) electrons. The lowest BCUT2D eigenvalue weighted by atomic mass is 10.1. The Bertz CT molecular complexity index is 620. The molecule has 90 valence electrons. The highest BCUT2D eigenvalue weighted by Gasteiger charge is 2.29.